The van der Waals surface area contributed by atoms with Gasteiger partial charge in [0, 0.05) is 34.1 Å². The number of aryl methyl sites for hydroxylation is 2. The van der Waals surface area contributed by atoms with Gasteiger partial charge in [-0.05, 0) is 79.0 Å². The average Bonchev–Trinajstić information content (AvgIpc) is 2.54. The van der Waals surface area contributed by atoms with E-state index in [1.807, 2.05) is 26.0 Å². The fourth-order valence-electron chi connectivity index (χ4n) is 4.61. The number of ether oxygens (including phenoxy) is 1. The van der Waals surface area contributed by atoms with Gasteiger partial charge in [0.25, 0.3) is 5.91 Å². The number of amides is 1. The molecule has 1 aromatic heterocycles. The number of rotatable bonds is 4. The number of carbonyl (C=O) groups excluding carboxylic acids is 1. The molecule has 2 N–H and O–H groups in total. The van der Waals surface area contributed by atoms with Crippen LogP contribution in [0.3, 0.4) is 0 Å². The van der Waals surface area contributed by atoms with E-state index in [4.69, 9.17) is 9.15 Å². The van der Waals surface area contributed by atoms with Gasteiger partial charge in [-0.1, -0.05) is 0 Å². The summed E-state index contributed by atoms with van der Waals surface area (Å²) in [4.78, 5) is 24.5. The number of carbonyl (C=O) groups is 1. The molecule has 1 amide bonds. The van der Waals surface area contributed by atoms with Gasteiger partial charge in [-0.15, -0.1) is 0 Å². The van der Waals surface area contributed by atoms with E-state index in [0.29, 0.717) is 16.9 Å². The molecule has 0 aliphatic carbocycles. The zero-order valence-corrected chi connectivity index (χ0v) is 18.4. The molecule has 3 rings (SSSR count). The lowest BCUT2D eigenvalue weighted by Crippen LogP contribution is -2.62. The van der Waals surface area contributed by atoms with Crippen LogP contribution in [0, 0.1) is 13.8 Å². The first-order valence-corrected chi connectivity index (χ1v) is 10.2. The third-order valence-corrected chi connectivity index (χ3v) is 5.53. The minimum atomic E-state index is -0.663. The third kappa shape index (κ3) is 4.81. The molecule has 2 aromatic rings. The SMILES string of the molecule is Cc1cc(=O)oc2c(C)c(O[C@@H](C)C(=O)NC3CC(C)(C)NC(C)(C)C3)ccc12. The zero-order chi connectivity index (χ0) is 21.6. The number of hydrogen-bond acceptors (Lipinski definition) is 5. The molecule has 2 heterocycles. The van der Waals surface area contributed by atoms with Crippen LogP contribution in [0.2, 0.25) is 0 Å². The molecule has 1 aliphatic rings. The summed E-state index contributed by atoms with van der Waals surface area (Å²) >= 11 is 0. The molecule has 1 atom stereocenters. The number of benzene rings is 1. The van der Waals surface area contributed by atoms with E-state index in [0.717, 1.165) is 23.8 Å². The summed E-state index contributed by atoms with van der Waals surface area (Å²) < 4.78 is 11.3. The van der Waals surface area contributed by atoms with E-state index in [9.17, 15) is 9.59 Å². The molecule has 1 aliphatic heterocycles. The predicted molar refractivity (Wildman–Crippen MR) is 115 cm³/mol. The van der Waals surface area contributed by atoms with Crippen LogP contribution in [0.5, 0.6) is 5.75 Å². The monoisotopic (exact) mass is 400 g/mol. The Kier molecular flexibility index (Phi) is 5.52. The Hall–Kier alpha value is -2.34. The highest BCUT2D eigenvalue weighted by Crippen LogP contribution is 2.30. The van der Waals surface area contributed by atoms with Crippen LogP contribution in [0.4, 0.5) is 0 Å². The lowest BCUT2D eigenvalue weighted by Gasteiger charge is -2.46. The molecule has 0 saturated carbocycles. The average molecular weight is 401 g/mol. The topological polar surface area (TPSA) is 80.6 Å². The predicted octanol–water partition coefficient (Wildman–Crippen LogP) is 3.60. The molecule has 0 spiro atoms. The molecule has 0 radical (unpaired) electrons. The second kappa shape index (κ2) is 7.48. The van der Waals surface area contributed by atoms with Gasteiger partial charge in [-0.25, -0.2) is 4.79 Å². The number of fused-ring (bicyclic) bond motifs is 1. The van der Waals surface area contributed by atoms with E-state index in [1.54, 1.807) is 6.92 Å². The van der Waals surface area contributed by atoms with Gasteiger partial charge in [0.05, 0.1) is 0 Å². The minimum absolute atomic E-state index is 0.0475. The maximum absolute atomic E-state index is 12.8. The van der Waals surface area contributed by atoms with Crippen LogP contribution < -0.4 is 21.0 Å². The minimum Gasteiger partial charge on any atom is -0.480 e. The molecule has 1 saturated heterocycles. The highest BCUT2D eigenvalue weighted by molar-refractivity contribution is 5.85. The van der Waals surface area contributed by atoms with E-state index < -0.39 is 11.7 Å². The van der Waals surface area contributed by atoms with E-state index >= 15 is 0 Å². The Labute approximate surface area is 172 Å². The molecular weight excluding hydrogens is 368 g/mol. The normalized spacial score (nSPS) is 19.7. The molecule has 6 nitrogen and oxygen atoms in total. The van der Waals surface area contributed by atoms with Crippen molar-refractivity contribution in [3.63, 3.8) is 0 Å². The van der Waals surface area contributed by atoms with Crippen molar-refractivity contribution in [2.24, 2.45) is 0 Å². The third-order valence-electron chi connectivity index (χ3n) is 5.53. The zero-order valence-electron chi connectivity index (χ0n) is 18.4. The Morgan fingerprint density at radius 2 is 1.83 bits per heavy atom. The quantitative estimate of drug-likeness (QED) is 0.767. The molecule has 158 valence electrons. The van der Waals surface area contributed by atoms with Gasteiger partial charge in [0.15, 0.2) is 6.10 Å². The van der Waals surface area contributed by atoms with E-state index in [1.165, 1.54) is 6.07 Å². The van der Waals surface area contributed by atoms with Crippen molar-refractivity contribution in [3.8, 4) is 5.75 Å². The fourth-order valence-corrected chi connectivity index (χ4v) is 4.61. The van der Waals surface area contributed by atoms with Crippen LogP contribution in [-0.4, -0.2) is 29.1 Å². The van der Waals surface area contributed by atoms with Crippen LogP contribution in [0.1, 0.15) is 58.6 Å². The molecule has 0 bridgehead atoms. The van der Waals surface area contributed by atoms with Gasteiger partial charge in [0.2, 0.25) is 0 Å². The molecule has 29 heavy (non-hydrogen) atoms. The van der Waals surface area contributed by atoms with Gasteiger partial charge in [0.1, 0.15) is 11.3 Å². The highest BCUT2D eigenvalue weighted by Gasteiger charge is 2.38. The van der Waals surface area contributed by atoms with Crippen molar-refractivity contribution in [2.45, 2.75) is 84.5 Å². The summed E-state index contributed by atoms with van der Waals surface area (Å²) in [6.07, 6.45) is 1.05. The first kappa shape index (κ1) is 21.4. The summed E-state index contributed by atoms with van der Waals surface area (Å²) in [5, 5.41) is 7.63. The Balaban J connectivity index is 1.75. The Morgan fingerprint density at radius 1 is 1.21 bits per heavy atom. The Morgan fingerprint density at radius 3 is 2.45 bits per heavy atom. The van der Waals surface area contributed by atoms with Gasteiger partial charge in [-0.2, -0.15) is 0 Å². The lowest BCUT2D eigenvalue weighted by molar-refractivity contribution is -0.128. The number of nitrogens with one attached hydrogen (secondary N) is 2. The van der Waals surface area contributed by atoms with Crippen molar-refractivity contribution in [1.82, 2.24) is 10.6 Å². The first-order valence-electron chi connectivity index (χ1n) is 10.2. The summed E-state index contributed by atoms with van der Waals surface area (Å²) in [5.74, 6) is 0.397. The second-order valence-electron chi connectivity index (χ2n) is 9.58. The van der Waals surface area contributed by atoms with Crippen LogP contribution in [-0.2, 0) is 4.79 Å². The van der Waals surface area contributed by atoms with Crippen molar-refractivity contribution in [1.29, 1.82) is 0 Å². The summed E-state index contributed by atoms with van der Waals surface area (Å²) in [5.41, 5.74) is 1.58. The second-order valence-corrected chi connectivity index (χ2v) is 9.58. The van der Waals surface area contributed by atoms with Crippen LogP contribution in [0.15, 0.2) is 27.4 Å². The van der Waals surface area contributed by atoms with Gasteiger partial charge >= 0.3 is 5.63 Å². The molecule has 6 heteroatoms. The Bertz CT molecular complexity index is 974. The van der Waals surface area contributed by atoms with Crippen LogP contribution in [0.25, 0.3) is 11.0 Å². The molecule has 0 unspecified atom stereocenters. The van der Waals surface area contributed by atoms with Crippen LogP contribution >= 0.6 is 0 Å². The molecule has 1 fully saturated rings. The summed E-state index contributed by atoms with van der Waals surface area (Å²) in [7, 11) is 0. The number of hydrogen-bond donors (Lipinski definition) is 2. The molecular formula is C23H32N2O4. The van der Waals surface area contributed by atoms with E-state index in [2.05, 4.69) is 38.3 Å². The smallest absolute Gasteiger partial charge is 0.336 e. The van der Waals surface area contributed by atoms with Crippen molar-refractivity contribution in [3.05, 3.63) is 39.7 Å². The standard InChI is InChI=1S/C23H32N2O4/c1-13-10-19(26)29-20-14(2)18(9-8-17(13)20)28-15(3)21(27)24-16-11-22(4,5)25-23(6,7)12-16/h8-10,15-16,25H,11-12H2,1-7H3,(H,24,27)/t15-/m0/s1. The number of piperidine rings is 1. The maximum Gasteiger partial charge on any atom is 0.336 e. The largest absolute Gasteiger partial charge is 0.480 e. The summed E-state index contributed by atoms with van der Waals surface area (Å²) in [6, 6.07) is 5.24. The highest BCUT2D eigenvalue weighted by atomic mass is 16.5. The lowest BCUT2D eigenvalue weighted by atomic mass is 9.79. The summed E-state index contributed by atoms with van der Waals surface area (Å²) in [6.45, 7) is 14.1. The van der Waals surface area contributed by atoms with E-state index in [-0.39, 0.29) is 23.0 Å². The maximum atomic E-state index is 12.8. The first-order chi connectivity index (χ1) is 13.4. The van der Waals surface area contributed by atoms with Crippen molar-refractivity contribution in [2.75, 3.05) is 0 Å². The van der Waals surface area contributed by atoms with Gasteiger partial charge < -0.3 is 19.8 Å². The fraction of sp³-hybridized carbons (Fsp3) is 0.565. The van der Waals surface area contributed by atoms with Crippen molar-refractivity contribution >= 4 is 16.9 Å². The van der Waals surface area contributed by atoms with Gasteiger partial charge in [-0.3, -0.25) is 4.79 Å². The molecule has 1 aromatic carbocycles. The van der Waals surface area contributed by atoms with Crippen molar-refractivity contribution < 1.29 is 13.9 Å².